The molecule has 0 bridgehead atoms. The fraction of sp³-hybridized carbons (Fsp3) is 0.363. The van der Waals surface area contributed by atoms with E-state index in [1.165, 1.54) is 54.6 Å². The number of aromatic hydroxyl groups is 3. The van der Waals surface area contributed by atoms with E-state index in [0.29, 0.717) is 203 Å². The van der Waals surface area contributed by atoms with Crippen molar-refractivity contribution >= 4 is 148 Å². The number of anilines is 4. The summed E-state index contributed by atoms with van der Waals surface area (Å²) < 4.78 is 95.4. The van der Waals surface area contributed by atoms with Crippen LogP contribution in [0.1, 0.15) is 152 Å². The number of fused-ring (bicyclic) bond motifs is 12. The number of ether oxygens (including phenoxy) is 4. The number of nitrogen functional groups attached to an aromatic ring is 4. The molecular weight excluding hydrogens is 2010 g/mol. The maximum absolute atomic E-state index is 11.7. The molecule has 0 saturated carbocycles. The van der Waals surface area contributed by atoms with E-state index in [2.05, 4.69) is 62.4 Å². The second kappa shape index (κ2) is 52.5. The molecule has 8 aromatic heterocycles. The van der Waals surface area contributed by atoms with Crippen LogP contribution < -0.4 is 58.2 Å². The third-order valence-electron chi connectivity index (χ3n) is 24.3. The zero-order valence-electron chi connectivity index (χ0n) is 83.9. The average Bonchev–Trinajstić information content (AvgIpc) is 1.60. The van der Waals surface area contributed by atoms with Crippen molar-refractivity contribution in [2.75, 3.05) is 102 Å². The number of nitrogens with zero attached hydrogens (tertiary/aromatic N) is 13. The molecule has 16 rings (SSSR count). The number of pyridine rings is 4. The van der Waals surface area contributed by atoms with E-state index in [-0.39, 0.29) is 71.3 Å². The molecule has 0 radical (unpaired) electrons. The molecule has 0 aliphatic rings. The Labute approximate surface area is 863 Å². The summed E-state index contributed by atoms with van der Waals surface area (Å²) in [5.41, 5.74) is 57.4. The van der Waals surface area contributed by atoms with E-state index in [4.69, 9.17) is 97.1 Å². The molecule has 8 aromatic carbocycles. The number of aryl methyl sites for hydroxylation is 5. The highest BCUT2D eigenvalue weighted by Crippen LogP contribution is 2.47. The van der Waals surface area contributed by atoms with E-state index >= 15 is 0 Å². The van der Waals surface area contributed by atoms with Gasteiger partial charge >= 0.3 is 31.3 Å². The van der Waals surface area contributed by atoms with Crippen LogP contribution in [-0.4, -0.2) is 198 Å². The van der Waals surface area contributed by atoms with Crippen molar-refractivity contribution in [1.29, 1.82) is 0 Å². The molecule has 0 spiro atoms. The minimum Gasteiger partial charge on any atom is -0.508 e. The van der Waals surface area contributed by atoms with Gasteiger partial charge in [-0.3, -0.25) is 39.1 Å². The van der Waals surface area contributed by atoms with Crippen LogP contribution in [0.25, 0.3) is 87.7 Å². The number of hydrogen-bond donors (Lipinski definition) is 18. The maximum atomic E-state index is 11.7. The number of aliphatic imine (C=N–C) groups is 1. The first-order chi connectivity index (χ1) is 71.8. The number of imidazole rings is 4. The lowest BCUT2D eigenvalue weighted by Gasteiger charge is -2.17. The lowest BCUT2D eigenvalue weighted by atomic mass is 10.1. The first-order valence-corrected chi connectivity index (χ1v) is 55.2. The number of rotatable bonds is 49. The molecule has 0 aliphatic carbocycles. The maximum Gasteiger partial charge on any atom is 0.524 e. The highest BCUT2D eigenvalue weighted by atomic mass is 31.2. The van der Waals surface area contributed by atoms with Crippen molar-refractivity contribution < 1.29 is 115 Å². The van der Waals surface area contributed by atoms with E-state index in [1.807, 2.05) is 100 Å². The van der Waals surface area contributed by atoms with Crippen molar-refractivity contribution in [3.05, 3.63) is 219 Å². The van der Waals surface area contributed by atoms with Gasteiger partial charge in [0.05, 0.1) is 123 Å². The van der Waals surface area contributed by atoms with Crippen molar-refractivity contribution in [1.82, 2.24) is 58.1 Å². The number of carbonyl (C=O) groups excluding carboxylic acids is 1. The second-order valence-corrected chi connectivity index (χ2v) is 40.3. The quantitative estimate of drug-likeness (QED) is 0.00729. The summed E-state index contributed by atoms with van der Waals surface area (Å²) >= 11 is 0. The number of phosphoric ester groups is 4. The molecule has 0 unspecified atom stereocenters. The van der Waals surface area contributed by atoms with Crippen LogP contribution in [0.5, 0.6) is 40.2 Å². The normalized spacial score (nSPS) is 11.9. The van der Waals surface area contributed by atoms with Gasteiger partial charge in [0.1, 0.15) is 85.6 Å². The van der Waals surface area contributed by atoms with Crippen molar-refractivity contribution in [3.8, 4) is 40.2 Å². The Hall–Kier alpha value is -13.2. The number of nitrogens with two attached hydrogens (primary N) is 7. The van der Waals surface area contributed by atoms with Crippen molar-refractivity contribution in [2.24, 2.45) is 22.2 Å². The molecule has 8 heterocycles. The molecular formula is C102H128N20O24P4. The fourth-order valence-electron chi connectivity index (χ4n) is 17.4. The largest absolute Gasteiger partial charge is 0.524 e. The van der Waals surface area contributed by atoms with Gasteiger partial charge in [0, 0.05) is 90.1 Å². The molecule has 16 aromatic rings. The van der Waals surface area contributed by atoms with Crippen LogP contribution in [0.15, 0.2) is 151 Å². The van der Waals surface area contributed by atoms with E-state index in [1.54, 1.807) is 6.07 Å². The first-order valence-electron chi connectivity index (χ1n) is 49.1. The van der Waals surface area contributed by atoms with Crippen LogP contribution in [0.3, 0.4) is 0 Å². The Kier molecular flexibility index (Phi) is 39.9. The minimum absolute atomic E-state index is 0.0273. The standard InChI is InChI=1S/C27H31N5O3.C25H33N5O9P2.2C25H32N5O6P/c1-3-4-5-24-31-25-26(32(24)16-20-7-9-23(34)18(2)14-20)21-8-6-19(15-22(21)30-27(25)28)10-12-35-13-11-29-17-33;1-2-3-4-22-29-23-24(19-7-5-16(9-11-37-12-10-26)13-20(19)28-25(23)27)30(22)15-17-14-18(38-40(31,32)33)6-8-21(17)39-41(34,35)36;1-2-3-4-22-29-23-24(30(22)15-17-14-18(6-8-21(17)31)36-37(32,33)34)19-7-5-16(9-11-35-12-10-26)13-20(19)28-25(23)27;1-2-3-4-22-29-23-24(30(22)15-17-14-18(31)6-8-21(17)36-37(32,33)34)19-7-5-16(9-11-35-12-10-26)13-20(19)28-25(23)27/h6-9,14-15,34H,3-5,10-13,16H2,1-2H3,(H2,28,30);5-8,13-14H,2-4,9-12,15,26H2,1H3,(H2,27,28)(H2,31,32,33)(H2,34,35,36);2*5-8,13-14,31H,2-4,9-12,15,26H2,1H3,(H2,27,28)(H2,32,33,34). The monoisotopic (exact) mass is 2140 g/mol. The van der Waals surface area contributed by atoms with Gasteiger partial charge in [-0.15, -0.1) is 0 Å². The number of phosphoric acid groups is 4. The van der Waals surface area contributed by atoms with E-state index < -0.39 is 31.3 Å². The van der Waals surface area contributed by atoms with Gasteiger partial charge in [-0.2, -0.15) is 0 Å². The van der Waals surface area contributed by atoms with Gasteiger partial charge in [-0.25, -0.2) is 67.9 Å². The molecule has 0 aliphatic heterocycles. The summed E-state index contributed by atoms with van der Waals surface area (Å²) in [6, 6.07) is 41.3. The highest BCUT2D eigenvalue weighted by molar-refractivity contribution is 7.47. The Bertz CT molecular complexity index is 7710. The summed E-state index contributed by atoms with van der Waals surface area (Å²) in [6.07, 6.45) is 14.5. The van der Waals surface area contributed by atoms with Crippen LogP contribution in [0.4, 0.5) is 23.3 Å². The molecule has 800 valence electrons. The number of hydrogen-bond acceptors (Lipinski definition) is 32. The van der Waals surface area contributed by atoms with Crippen LogP contribution >= 0.6 is 31.3 Å². The van der Waals surface area contributed by atoms with Crippen LogP contribution in [-0.2, 0) is 120 Å². The van der Waals surface area contributed by atoms with E-state index in [0.717, 1.165) is 164 Å². The summed E-state index contributed by atoms with van der Waals surface area (Å²) in [5, 5.41) is 34.1. The topological polar surface area (TPSA) is 699 Å². The summed E-state index contributed by atoms with van der Waals surface area (Å²) in [6.45, 7) is 16.9. The molecule has 44 nitrogen and oxygen atoms in total. The van der Waals surface area contributed by atoms with Gasteiger partial charge < -0.3 is 111 Å². The number of unbranched alkanes of at least 4 members (excludes halogenated alkanes) is 4. The van der Waals surface area contributed by atoms with Gasteiger partial charge in [0.25, 0.3) is 0 Å². The lowest BCUT2D eigenvalue weighted by molar-refractivity contribution is 0.144. The fourth-order valence-corrected chi connectivity index (χ4v) is 19.0. The molecule has 0 atom stereocenters. The Morgan fingerprint density at radius 1 is 0.333 bits per heavy atom. The zero-order valence-corrected chi connectivity index (χ0v) is 87.4. The van der Waals surface area contributed by atoms with Gasteiger partial charge in [-0.1, -0.05) is 114 Å². The summed E-state index contributed by atoms with van der Waals surface area (Å²) in [7, 11) is -19.4. The molecule has 0 amide bonds. The van der Waals surface area contributed by atoms with Crippen molar-refractivity contribution in [2.45, 2.75) is 164 Å². The molecule has 25 N–H and O–H groups in total. The zero-order chi connectivity index (χ0) is 108. The minimum atomic E-state index is -4.97. The highest BCUT2D eigenvalue weighted by Gasteiger charge is 2.30. The molecule has 0 saturated heterocycles. The summed E-state index contributed by atoms with van der Waals surface area (Å²) in [4.78, 5) is 126. The number of phenolic OH excluding ortho intramolecular Hbond substituents is 3. The predicted octanol–water partition coefficient (Wildman–Crippen LogP) is 14.0. The van der Waals surface area contributed by atoms with Crippen LogP contribution in [0.2, 0.25) is 0 Å². The first kappa shape index (κ1) is 114. The van der Waals surface area contributed by atoms with Gasteiger partial charge in [-0.05, 0) is 177 Å². The van der Waals surface area contributed by atoms with E-state index in [9.17, 15) is 77.5 Å². The SMILES string of the molecule is CCCCc1nc2c(N)nc3cc(CCOCCN)ccc3c2n1Cc1cc(O)ccc1OP(=O)(O)O.CCCCc1nc2c(N)nc3cc(CCOCCN)ccc3c2n1Cc1cc(OP(=O)(O)O)ccc1O.CCCCc1nc2c(N)nc3cc(CCOCCN)ccc3c2n1Cc1cc(OP(=O)(O)O)ccc1OP(=O)(O)O.CCCCc1nc2c(N)nc3cc(CCOCCN=C=O)ccc3c2n1Cc1ccc(O)c(C)c1. The van der Waals surface area contributed by atoms with Gasteiger partial charge in [0.2, 0.25) is 6.08 Å². The predicted molar refractivity (Wildman–Crippen MR) is 573 cm³/mol. The van der Waals surface area contributed by atoms with Gasteiger partial charge in [0.15, 0.2) is 23.3 Å². The summed E-state index contributed by atoms with van der Waals surface area (Å²) in [5.74, 6) is 4.12. The average molecular weight is 2140 g/mol. The third kappa shape index (κ3) is 30.6. The molecule has 0 fully saturated rings. The Balaban J connectivity index is 0.000000167. The Morgan fingerprint density at radius 2 is 0.640 bits per heavy atom. The lowest BCUT2D eigenvalue weighted by Crippen LogP contribution is -2.10. The van der Waals surface area contributed by atoms with Crippen molar-refractivity contribution in [3.63, 3.8) is 0 Å². The number of aromatic nitrogens is 12. The Morgan fingerprint density at radius 3 is 0.973 bits per heavy atom. The number of benzene rings is 8. The smallest absolute Gasteiger partial charge is 0.508 e. The second-order valence-electron chi connectivity index (χ2n) is 35.6. The third-order valence-corrected chi connectivity index (χ3v) is 26.1. The molecule has 48 heteroatoms. The van der Waals surface area contributed by atoms with Crippen LogP contribution in [0, 0.1) is 6.92 Å². The number of isocyanates is 1. The number of phenols is 3. The molecule has 150 heavy (non-hydrogen) atoms.